The summed E-state index contributed by atoms with van der Waals surface area (Å²) in [5, 5.41) is 9.67. The molecular weight excluding hydrogens is 453 g/mol. The van der Waals surface area contributed by atoms with Crippen LogP contribution < -0.4 is 16.0 Å². The van der Waals surface area contributed by atoms with E-state index in [1.165, 1.54) is 38.8 Å². The van der Waals surface area contributed by atoms with Crippen LogP contribution in [0.15, 0.2) is 4.99 Å². The average molecular weight is 493 g/mol. The number of rotatable bonds is 9. The molecule has 1 saturated heterocycles. The summed E-state index contributed by atoms with van der Waals surface area (Å²) in [5.74, 6) is 1.93. The van der Waals surface area contributed by atoms with Crippen molar-refractivity contribution in [3.8, 4) is 0 Å². The first kappa shape index (κ1) is 24.5. The van der Waals surface area contributed by atoms with Gasteiger partial charge in [0.15, 0.2) is 5.96 Å². The first-order chi connectivity index (χ1) is 12.6. The zero-order chi connectivity index (χ0) is 18.8. The van der Waals surface area contributed by atoms with Gasteiger partial charge in [-0.15, -0.1) is 24.0 Å². The van der Waals surface area contributed by atoms with Crippen LogP contribution in [0.25, 0.3) is 0 Å². The molecule has 7 heteroatoms. The van der Waals surface area contributed by atoms with E-state index in [0.29, 0.717) is 25.0 Å². The van der Waals surface area contributed by atoms with Crippen molar-refractivity contribution in [2.24, 2.45) is 16.8 Å². The van der Waals surface area contributed by atoms with Gasteiger partial charge in [-0.1, -0.05) is 26.7 Å². The molecule has 2 fully saturated rings. The molecule has 158 valence electrons. The Morgan fingerprint density at radius 1 is 1.04 bits per heavy atom. The van der Waals surface area contributed by atoms with Crippen molar-refractivity contribution in [2.45, 2.75) is 65.3 Å². The topological polar surface area (TPSA) is 68.8 Å². The fourth-order valence-corrected chi connectivity index (χ4v) is 3.56. The number of aliphatic imine (C=N–C) groups is 1. The molecule has 0 aromatic carbocycles. The predicted molar refractivity (Wildman–Crippen MR) is 124 cm³/mol. The molecule has 0 aromatic heterocycles. The maximum Gasteiger partial charge on any atom is 0.223 e. The van der Waals surface area contributed by atoms with Crippen molar-refractivity contribution < 1.29 is 4.79 Å². The number of amides is 1. The third-order valence-electron chi connectivity index (χ3n) is 5.32. The highest BCUT2D eigenvalue weighted by Crippen LogP contribution is 2.28. The summed E-state index contributed by atoms with van der Waals surface area (Å²) in [6, 6.07) is 0.498. The van der Waals surface area contributed by atoms with Crippen LogP contribution in [-0.4, -0.2) is 62.1 Å². The molecule has 1 unspecified atom stereocenters. The zero-order valence-electron chi connectivity index (χ0n) is 17.4. The molecule has 0 spiro atoms. The minimum absolute atomic E-state index is 0. The third-order valence-corrected chi connectivity index (χ3v) is 5.32. The molecule has 1 heterocycles. The lowest BCUT2D eigenvalue weighted by Crippen LogP contribution is -2.45. The monoisotopic (exact) mass is 493 g/mol. The van der Waals surface area contributed by atoms with E-state index < -0.39 is 0 Å². The van der Waals surface area contributed by atoms with Gasteiger partial charge in [-0.3, -0.25) is 14.7 Å². The fourth-order valence-electron chi connectivity index (χ4n) is 3.56. The summed E-state index contributed by atoms with van der Waals surface area (Å²) in [7, 11) is 0. The quantitative estimate of drug-likeness (QED) is 0.200. The number of carbonyl (C=O) groups is 1. The van der Waals surface area contributed by atoms with Gasteiger partial charge < -0.3 is 16.0 Å². The third kappa shape index (κ3) is 9.45. The molecule has 0 radical (unpaired) electrons. The van der Waals surface area contributed by atoms with Crippen molar-refractivity contribution in [3.63, 3.8) is 0 Å². The van der Waals surface area contributed by atoms with Crippen molar-refractivity contribution in [1.82, 2.24) is 20.9 Å². The number of halogens is 1. The highest BCUT2D eigenvalue weighted by Gasteiger charge is 2.29. The number of nitrogens with zero attached hydrogens (tertiary/aromatic N) is 2. The number of likely N-dealkylation sites (tertiary alicyclic amines) is 1. The summed E-state index contributed by atoms with van der Waals surface area (Å²) in [5.41, 5.74) is 0. The van der Waals surface area contributed by atoms with E-state index in [4.69, 9.17) is 4.99 Å². The van der Waals surface area contributed by atoms with E-state index in [0.717, 1.165) is 31.9 Å². The largest absolute Gasteiger partial charge is 0.357 e. The van der Waals surface area contributed by atoms with Gasteiger partial charge in [0.25, 0.3) is 0 Å². The SMILES string of the molecule is CCNC(=NCC(C(C)C)N1CCCCCC1)NCCNC(=O)C1CC1.I. The minimum atomic E-state index is 0. The molecule has 0 bridgehead atoms. The standard InChI is InChI=1S/C20H39N5O.HI/c1-4-21-20(23-12-11-22-19(26)17-9-10-17)24-15-18(16(2)3)25-13-7-5-6-8-14-25;/h16-18H,4-15H2,1-3H3,(H,22,26)(H2,21,23,24);1H. The van der Waals surface area contributed by atoms with Gasteiger partial charge in [0, 0.05) is 31.6 Å². The van der Waals surface area contributed by atoms with Gasteiger partial charge in [-0.05, 0) is 51.6 Å². The molecule has 6 nitrogen and oxygen atoms in total. The Bertz CT molecular complexity index is 446. The van der Waals surface area contributed by atoms with Crippen molar-refractivity contribution in [2.75, 3.05) is 39.3 Å². The predicted octanol–water partition coefficient (Wildman–Crippen LogP) is 2.59. The summed E-state index contributed by atoms with van der Waals surface area (Å²) < 4.78 is 0. The van der Waals surface area contributed by atoms with Crippen molar-refractivity contribution in [1.29, 1.82) is 0 Å². The van der Waals surface area contributed by atoms with Crippen molar-refractivity contribution >= 4 is 35.8 Å². The van der Waals surface area contributed by atoms with Crippen LogP contribution in [0.2, 0.25) is 0 Å². The molecule has 1 aliphatic carbocycles. The van der Waals surface area contributed by atoms with E-state index in [1.807, 2.05) is 0 Å². The molecule has 27 heavy (non-hydrogen) atoms. The molecular formula is C20H40IN5O. The Morgan fingerprint density at radius 2 is 1.67 bits per heavy atom. The fraction of sp³-hybridized carbons (Fsp3) is 0.900. The summed E-state index contributed by atoms with van der Waals surface area (Å²) in [6.07, 6.45) is 7.45. The smallest absolute Gasteiger partial charge is 0.223 e. The number of hydrogen-bond donors (Lipinski definition) is 3. The highest BCUT2D eigenvalue weighted by atomic mass is 127. The van der Waals surface area contributed by atoms with Gasteiger partial charge in [0.2, 0.25) is 5.91 Å². The first-order valence-electron chi connectivity index (χ1n) is 10.7. The molecule has 2 rings (SSSR count). The van der Waals surface area contributed by atoms with Gasteiger partial charge in [-0.2, -0.15) is 0 Å². The van der Waals surface area contributed by atoms with Crippen LogP contribution in [0.5, 0.6) is 0 Å². The molecule has 2 aliphatic rings. The van der Waals surface area contributed by atoms with E-state index in [9.17, 15) is 4.79 Å². The highest BCUT2D eigenvalue weighted by molar-refractivity contribution is 14.0. The molecule has 0 aromatic rings. The Kier molecular flexibility index (Phi) is 12.3. The maximum absolute atomic E-state index is 11.7. The lowest BCUT2D eigenvalue weighted by Gasteiger charge is -2.32. The number of carbonyl (C=O) groups excluding carboxylic acids is 1. The maximum atomic E-state index is 11.7. The Hall–Kier alpha value is -0.570. The first-order valence-corrected chi connectivity index (χ1v) is 10.7. The second-order valence-electron chi connectivity index (χ2n) is 7.97. The number of nitrogens with one attached hydrogen (secondary N) is 3. The Morgan fingerprint density at radius 3 is 2.22 bits per heavy atom. The average Bonchev–Trinajstić information content (AvgIpc) is 3.45. The molecule has 1 amide bonds. The van der Waals surface area contributed by atoms with Crippen LogP contribution in [0.1, 0.15) is 59.3 Å². The van der Waals surface area contributed by atoms with Gasteiger partial charge in [0.05, 0.1) is 6.54 Å². The van der Waals surface area contributed by atoms with Crippen LogP contribution >= 0.6 is 24.0 Å². The second kappa shape index (κ2) is 13.6. The van der Waals surface area contributed by atoms with Crippen LogP contribution in [-0.2, 0) is 4.79 Å². The summed E-state index contributed by atoms with van der Waals surface area (Å²) in [6.45, 7) is 12.1. The second-order valence-corrected chi connectivity index (χ2v) is 7.97. The summed E-state index contributed by atoms with van der Waals surface area (Å²) in [4.78, 5) is 19.2. The van der Waals surface area contributed by atoms with E-state index in [-0.39, 0.29) is 35.8 Å². The lowest BCUT2D eigenvalue weighted by molar-refractivity contribution is -0.122. The van der Waals surface area contributed by atoms with Gasteiger partial charge >= 0.3 is 0 Å². The molecule has 1 saturated carbocycles. The number of hydrogen-bond acceptors (Lipinski definition) is 3. The van der Waals surface area contributed by atoms with E-state index >= 15 is 0 Å². The van der Waals surface area contributed by atoms with Crippen LogP contribution in [0.3, 0.4) is 0 Å². The Labute approximate surface area is 182 Å². The number of guanidine groups is 1. The van der Waals surface area contributed by atoms with E-state index in [2.05, 4.69) is 41.6 Å². The summed E-state index contributed by atoms with van der Waals surface area (Å²) >= 11 is 0. The van der Waals surface area contributed by atoms with Crippen molar-refractivity contribution in [3.05, 3.63) is 0 Å². The Balaban J connectivity index is 0.00000364. The van der Waals surface area contributed by atoms with Crippen LogP contribution in [0, 0.1) is 11.8 Å². The van der Waals surface area contributed by atoms with Gasteiger partial charge in [-0.25, -0.2) is 0 Å². The molecule has 1 atom stereocenters. The lowest BCUT2D eigenvalue weighted by atomic mass is 10.0. The zero-order valence-corrected chi connectivity index (χ0v) is 19.8. The van der Waals surface area contributed by atoms with E-state index in [1.54, 1.807) is 0 Å². The van der Waals surface area contributed by atoms with Gasteiger partial charge in [0.1, 0.15) is 0 Å². The normalized spacial score (nSPS) is 19.8. The molecule has 1 aliphatic heterocycles. The van der Waals surface area contributed by atoms with Crippen LogP contribution in [0.4, 0.5) is 0 Å². The molecule has 3 N–H and O–H groups in total. The minimum Gasteiger partial charge on any atom is -0.357 e.